The summed E-state index contributed by atoms with van der Waals surface area (Å²) in [5.41, 5.74) is 8.60. The van der Waals surface area contributed by atoms with Crippen molar-refractivity contribution < 1.29 is 14.3 Å². The van der Waals surface area contributed by atoms with Gasteiger partial charge < -0.3 is 15.2 Å². The molecule has 3 rings (SSSR count). The van der Waals surface area contributed by atoms with E-state index in [-0.39, 0.29) is 11.7 Å². The Balaban J connectivity index is 2.17. The van der Waals surface area contributed by atoms with E-state index < -0.39 is 5.92 Å². The number of nitrogens with two attached hydrogens (primary N) is 1. The lowest BCUT2D eigenvalue weighted by Crippen LogP contribution is -2.27. The van der Waals surface area contributed by atoms with Gasteiger partial charge in [0.05, 0.1) is 13.0 Å². The van der Waals surface area contributed by atoms with Gasteiger partial charge in [0.2, 0.25) is 5.88 Å². The minimum absolute atomic E-state index is 0.0324. The lowest BCUT2D eigenvalue weighted by atomic mass is 9.77. The summed E-state index contributed by atoms with van der Waals surface area (Å²) in [6, 6.07) is 7.77. The predicted molar refractivity (Wildman–Crippen MR) is 84.3 cm³/mol. The molecule has 2 N–H and O–H groups in total. The van der Waals surface area contributed by atoms with Crippen LogP contribution >= 0.6 is 0 Å². The Labute approximate surface area is 135 Å². The number of hydrogen-bond donors (Lipinski definition) is 1. The maximum Gasteiger partial charge on any atom is 0.205 e. The average molecular weight is 310 g/mol. The van der Waals surface area contributed by atoms with E-state index in [2.05, 4.69) is 6.07 Å². The second kappa shape index (κ2) is 5.81. The molecule has 1 unspecified atom stereocenters. The Bertz CT molecular complexity index is 784. The molecule has 0 saturated heterocycles. The van der Waals surface area contributed by atoms with Crippen LogP contribution in [0.2, 0.25) is 0 Å². The zero-order valence-electron chi connectivity index (χ0n) is 13.2. The van der Waals surface area contributed by atoms with Gasteiger partial charge >= 0.3 is 0 Å². The van der Waals surface area contributed by atoms with Gasteiger partial charge in [-0.1, -0.05) is 12.1 Å². The molecular formula is C18H18N2O3. The van der Waals surface area contributed by atoms with Gasteiger partial charge in [0, 0.05) is 18.4 Å². The third-order valence-electron chi connectivity index (χ3n) is 4.36. The molecule has 23 heavy (non-hydrogen) atoms. The van der Waals surface area contributed by atoms with Gasteiger partial charge in [0.15, 0.2) is 5.78 Å². The Hall–Kier alpha value is -2.74. The standard InChI is InChI=1S/C18H18N2O3/c1-10-8-11(6-7-14(10)22-2)16-12(9-19)18(20)23-15-5-3-4-13(21)17(15)16/h6-8,16H,3-5,20H2,1-2H3. The van der Waals surface area contributed by atoms with Crippen molar-refractivity contribution in [1.82, 2.24) is 0 Å². The van der Waals surface area contributed by atoms with E-state index in [0.29, 0.717) is 29.7 Å². The number of aryl methyl sites for hydroxylation is 1. The number of hydrogen-bond acceptors (Lipinski definition) is 5. The number of Topliss-reactive ketones (excluding diaryl/α,β-unsaturated/α-hetero) is 1. The summed E-state index contributed by atoms with van der Waals surface area (Å²) in [6.45, 7) is 1.93. The zero-order valence-corrected chi connectivity index (χ0v) is 13.2. The number of benzene rings is 1. The largest absolute Gasteiger partial charge is 0.496 e. The first-order valence-electron chi connectivity index (χ1n) is 7.55. The molecule has 1 aromatic rings. The minimum Gasteiger partial charge on any atom is -0.496 e. The van der Waals surface area contributed by atoms with Crippen LogP contribution in [0.4, 0.5) is 0 Å². The van der Waals surface area contributed by atoms with Crippen LogP contribution in [0.15, 0.2) is 41.0 Å². The molecule has 1 aromatic carbocycles. The molecule has 2 aliphatic rings. The fourth-order valence-electron chi connectivity index (χ4n) is 3.27. The number of ether oxygens (including phenoxy) is 2. The van der Waals surface area contributed by atoms with E-state index in [4.69, 9.17) is 15.2 Å². The number of nitriles is 1. The van der Waals surface area contributed by atoms with Crippen molar-refractivity contribution in [3.8, 4) is 11.8 Å². The molecule has 5 heteroatoms. The molecular weight excluding hydrogens is 292 g/mol. The summed E-state index contributed by atoms with van der Waals surface area (Å²) in [5.74, 6) is 1.04. The highest BCUT2D eigenvalue weighted by Crippen LogP contribution is 2.43. The molecule has 118 valence electrons. The Morgan fingerprint density at radius 2 is 2.17 bits per heavy atom. The summed E-state index contributed by atoms with van der Waals surface area (Å²) < 4.78 is 10.8. The molecule has 5 nitrogen and oxygen atoms in total. The molecule has 0 bridgehead atoms. The van der Waals surface area contributed by atoms with Crippen molar-refractivity contribution in [2.45, 2.75) is 32.1 Å². The maximum absolute atomic E-state index is 12.5. The van der Waals surface area contributed by atoms with Gasteiger partial charge in [-0.15, -0.1) is 0 Å². The summed E-state index contributed by atoms with van der Waals surface area (Å²) in [7, 11) is 1.61. The van der Waals surface area contributed by atoms with Gasteiger partial charge in [-0.3, -0.25) is 4.79 Å². The highest BCUT2D eigenvalue weighted by Gasteiger charge is 2.38. The summed E-state index contributed by atoms with van der Waals surface area (Å²) in [6.07, 6.45) is 1.90. The Morgan fingerprint density at radius 1 is 1.39 bits per heavy atom. The van der Waals surface area contributed by atoms with E-state index in [0.717, 1.165) is 23.3 Å². The normalized spacial score (nSPS) is 20.7. The topological polar surface area (TPSA) is 85.3 Å². The van der Waals surface area contributed by atoms with Gasteiger partial charge in [0.1, 0.15) is 23.2 Å². The van der Waals surface area contributed by atoms with Crippen LogP contribution in [-0.2, 0) is 9.53 Å². The lowest BCUT2D eigenvalue weighted by Gasteiger charge is -2.31. The fourth-order valence-corrected chi connectivity index (χ4v) is 3.27. The van der Waals surface area contributed by atoms with Crippen LogP contribution in [0.25, 0.3) is 0 Å². The van der Waals surface area contributed by atoms with Gasteiger partial charge in [-0.05, 0) is 30.5 Å². The summed E-state index contributed by atoms with van der Waals surface area (Å²) >= 11 is 0. The van der Waals surface area contributed by atoms with Crippen molar-refractivity contribution in [2.75, 3.05) is 7.11 Å². The molecule has 0 fully saturated rings. The molecule has 1 heterocycles. The van der Waals surface area contributed by atoms with Gasteiger partial charge in [0.25, 0.3) is 0 Å². The molecule has 1 aliphatic heterocycles. The van der Waals surface area contributed by atoms with E-state index in [1.54, 1.807) is 7.11 Å². The molecule has 0 amide bonds. The highest BCUT2D eigenvalue weighted by atomic mass is 16.5. The number of allylic oxidation sites excluding steroid dienone is 3. The van der Waals surface area contributed by atoms with Crippen LogP contribution < -0.4 is 10.5 Å². The van der Waals surface area contributed by atoms with Crippen LogP contribution in [-0.4, -0.2) is 12.9 Å². The number of ketones is 1. The summed E-state index contributed by atoms with van der Waals surface area (Å²) in [4.78, 5) is 12.5. The monoisotopic (exact) mass is 310 g/mol. The SMILES string of the molecule is COc1ccc(C2C(C#N)=C(N)OC3=C2C(=O)CCC3)cc1C. The van der Waals surface area contributed by atoms with Crippen LogP contribution in [0.5, 0.6) is 5.75 Å². The summed E-state index contributed by atoms with van der Waals surface area (Å²) in [5, 5.41) is 9.51. The lowest BCUT2D eigenvalue weighted by molar-refractivity contribution is -0.116. The second-order valence-electron chi connectivity index (χ2n) is 5.77. The molecule has 0 aromatic heterocycles. The molecule has 1 atom stereocenters. The van der Waals surface area contributed by atoms with E-state index >= 15 is 0 Å². The van der Waals surface area contributed by atoms with Crippen LogP contribution in [0, 0.1) is 18.3 Å². The highest BCUT2D eigenvalue weighted by molar-refractivity contribution is 5.99. The second-order valence-corrected chi connectivity index (χ2v) is 5.77. The van der Waals surface area contributed by atoms with Crippen molar-refractivity contribution in [3.05, 3.63) is 52.1 Å². The quantitative estimate of drug-likeness (QED) is 0.907. The first kappa shape index (κ1) is 15.2. The smallest absolute Gasteiger partial charge is 0.205 e. The van der Waals surface area contributed by atoms with Gasteiger partial charge in [-0.2, -0.15) is 5.26 Å². The zero-order chi connectivity index (χ0) is 16.6. The average Bonchev–Trinajstić information content (AvgIpc) is 2.53. The predicted octanol–water partition coefficient (Wildman–Crippen LogP) is 2.82. The number of methoxy groups -OCH3 is 1. The maximum atomic E-state index is 12.5. The number of rotatable bonds is 2. The van der Waals surface area contributed by atoms with Crippen LogP contribution in [0.1, 0.15) is 36.3 Å². The van der Waals surface area contributed by atoms with Crippen molar-refractivity contribution in [2.24, 2.45) is 5.73 Å². The third kappa shape index (κ3) is 2.46. The number of carbonyl (C=O) groups excluding carboxylic acids is 1. The number of carbonyl (C=O) groups is 1. The van der Waals surface area contributed by atoms with E-state index in [9.17, 15) is 10.1 Å². The first-order valence-corrected chi connectivity index (χ1v) is 7.55. The fraction of sp³-hybridized carbons (Fsp3) is 0.333. The number of nitrogens with zero attached hydrogens (tertiary/aromatic N) is 1. The van der Waals surface area contributed by atoms with Crippen molar-refractivity contribution >= 4 is 5.78 Å². The van der Waals surface area contributed by atoms with Gasteiger partial charge in [-0.25, -0.2) is 0 Å². The third-order valence-corrected chi connectivity index (χ3v) is 4.36. The van der Waals surface area contributed by atoms with Crippen molar-refractivity contribution in [3.63, 3.8) is 0 Å². The first-order chi connectivity index (χ1) is 11.1. The molecule has 1 aliphatic carbocycles. The van der Waals surface area contributed by atoms with E-state index in [1.165, 1.54) is 0 Å². The molecule has 0 saturated carbocycles. The van der Waals surface area contributed by atoms with Crippen molar-refractivity contribution in [1.29, 1.82) is 5.26 Å². The van der Waals surface area contributed by atoms with Crippen LogP contribution in [0.3, 0.4) is 0 Å². The molecule has 0 radical (unpaired) electrons. The Kier molecular flexibility index (Phi) is 3.83. The Morgan fingerprint density at radius 3 is 2.83 bits per heavy atom. The van der Waals surface area contributed by atoms with E-state index in [1.807, 2.05) is 25.1 Å². The minimum atomic E-state index is -0.457. The molecule has 0 spiro atoms.